The molecule has 1 saturated carbocycles. The Morgan fingerprint density at radius 1 is 1.33 bits per heavy atom. The van der Waals surface area contributed by atoms with Crippen molar-refractivity contribution in [1.29, 1.82) is 0 Å². The van der Waals surface area contributed by atoms with Gasteiger partial charge in [0, 0.05) is 0 Å². The molecular formula is C14H24N2OS. The van der Waals surface area contributed by atoms with Crippen LogP contribution in [0.3, 0.4) is 0 Å². The molecule has 0 aromatic heterocycles. The van der Waals surface area contributed by atoms with E-state index in [2.05, 4.69) is 26.1 Å². The molecule has 0 aromatic carbocycles. The second-order valence-electron chi connectivity index (χ2n) is 6.17. The number of thioether (sulfide) groups is 1. The van der Waals surface area contributed by atoms with Crippen LogP contribution in [0.2, 0.25) is 0 Å². The number of nitrogens with zero attached hydrogens (tertiary/aromatic N) is 1. The maximum Gasteiger partial charge on any atom is 0.242 e. The highest BCUT2D eigenvalue weighted by atomic mass is 32.2. The molecule has 3 nitrogen and oxygen atoms in total. The Labute approximate surface area is 114 Å². The smallest absolute Gasteiger partial charge is 0.242 e. The Morgan fingerprint density at radius 3 is 2.44 bits per heavy atom. The number of carbonyl (C=O) groups is 1. The number of hydrogen-bond donors (Lipinski definition) is 1. The first-order valence-electron chi connectivity index (χ1n) is 7.00. The molecule has 1 atom stereocenters. The van der Waals surface area contributed by atoms with Crippen molar-refractivity contribution >= 4 is 22.8 Å². The van der Waals surface area contributed by atoms with Gasteiger partial charge in [-0.1, -0.05) is 32.5 Å². The summed E-state index contributed by atoms with van der Waals surface area (Å²) in [7, 11) is 0. The fourth-order valence-electron chi connectivity index (χ4n) is 2.47. The van der Waals surface area contributed by atoms with Crippen LogP contribution >= 0.6 is 11.8 Å². The van der Waals surface area contributed by atoms with Gasteiger partial charge in [0.1, 0.15) is 4.75 Å². The number of aliphatic imine (C=N–C) groups is 1. The fourth-order valence-corrected chi connectivity index (χ4v) is 3.60. The molecule has 2 rings (SSSR count). The molecule has 102 valence electrons. The van der Waals surface area contributed by atoms with Crippen LogP contribution in [0.4, 0.5) is 0 Å². The van der Waals surface area contributed by atoms with Crippen LogP contribution in [-0.4, -0.2) is 21.9 Å². The van der Waals surface area contributed by atoms with Gasteiger partial charge in [-0.2, -0.15) is 0 Å². The summed E-state index contributed by atoms with van der Waals surface area (Å²) in [6.07, 6.45) is 4.86. The zero-order valence-electron chi connectivity index (χ0n) is 11.8. The largest absolute Gasteiger partial charge is 0.304 e. The molecule has 0 aromatic rings. The molecule has 4 heteroatoms. The van der Waals surface area contributed by atoms with Crippen molar-refractivity contribution < 1.29 is 4.79 Å². The van der Waals surface area contributed by atoms with Gasteiger partial charge in [-0.25, -0.2) is 0 Å². The van der Waals surface area contributed by atoms with Crippen molar-refractivity contribution in [1.82, 2.24) is 5.32 Å². The lowest BCUT2D eigenvalue weighted by molar-refractivity contribution is -0.122. The van der Waals surface area contributed by atoms with E-state index in [0.29, 0.717) is 12.0 Å². The van der Waals surface area contributed by atoms with E-state index in [-0.39, 0.29) is 10.7 Å². The van der Waals surface area contributed by atoms with Gasteiger partial charge in [-0.3, -0.25) is 9.79 Å². The van der Waals surface area contributed by atoms with Crippen LogP contribution in [0.15, 0.2) is 4.99 Å². The van der Waals surface area contributed by atoms with E-state index in [1.54, 1.807) is 11.8 Å². The standard InChI is InChI=1S/C14H24N2OS/c1-9(2)14(4)12(17)16-13(18-14)15-11-7-5-10(3)6-8-11/h9-11H,5-8H2,1-4H3,(H,15,16,17). The molecule has 1 saturated heterocycles. The SMILES string of the molecule is CC1CCC(N=C2NC(=O)C(C)(C(C)C)S2)CC1. The molecular weight excluding hydrogens is 244 g/mol. The minimum absolute atomic E-state index is 0.116. The number of nitrogens with one attached hydrogen (secondary N) is 1. The predicted molar refractivity (Wildman–Crippen MR) is 77.8 cm³/mol. The van der Waals surface area contributed by atoms with Gasteiger partial charge in [0.25, 0.3) is 0 Å². The fraction of sp³-hybridized carbons (Fsp3) is 0.857. The number of hydrogen-bond acceptors (Lipinski definition) is 3. The molecule has 1 N–H and O–H groups in total. The number of rotatable bonds is 2. The van der Waals surface area contributed by atoms with Crippen molar-refractivity contribution in [3.63, 3.8) is 0 Å². The van der Waals surface area contributed by atoms with E-state index >= 15 is 0 Å². The summed E-state index contributed by atoms with van der Waals surface area (Å²) in [6, 6.07) is 0.415. The highest BCUT2D eigenvalue weighted by Gasteiger charge is 2.45. The monoisotopic (exact) mass is 268 g/mol. The van der Waals surface area contributed by atoms with E-state index < -0.39 is 0 Å². The van der Waals surface area contributed by atoms with Crippen LogP contribution in [-0.2, 0) is 4.79 Å². The van der Waals surface area contributed by atoms with Gasteiger partial charge >= 0.3 is 0 Å². The van der Waals surface area contributed by atoms with Gasteiger partial charge < -0.3 is 5.32 Å². The molecule has 2 aliphatic rings. The topological polar surface area (TPSA) is 41.5 Å². The Morgan fingerprint density at radius 2 is 1.94 bits per heavy atom. The maximum atomic E-state index is 12.0. The van der Waals surface area contributed by atoms with E-state index in [4.69, 9.17) is 4.99 Å². The molecule has 1 aliphatic heterocycles. The second kappa shape index (κ2) is 5.24. The van der Waals surface area contributed by atoms with Gasteiger partial charge in [0.2, 0.25) is 5.91 Å². The van der Waals surface area contributed by atoms with E-state index in [1.807, 2.05) is 6.92 Å². The average molecular weight is 268 g/mol. The molecule has 0 radical (unpaired) electrons. The Bertz CT molecular complexity index is 359. The van der Waals surface area contributed by atoms with Crippen LogP contribution in [0.1, 0.15) is 53.4 Å². The normalized spacial score (nSPS) is 39.4. The summed E-state index contributed by atoms with van der Waals surface area (Å²) in [6.45, 7) is 8.52. The lowest BCUT2D eigenvalue weighted by atomic mass is 9.88. The molecule has 2 fully saturated rings. The third-order valence-corrected chi connectivity index (χ3v) is 5.85. The maximum absolute atomic E-state index is 12.0. The quantitative estimate of drug-likeness (QED) is 0.835. The van der Waals surface area contributed by atoms with Crippen molar-refractivity contribution in [2.45, 2.75) is 64.2 Å². The van der Waals surface area contributed by atoms with Crippen LogP contribution < -0.4 is 5.32 Å². The lowest BCUT2D eigenvalue weighted by Gasteiger charge is -2.24. The Hall–Kier alpha value is -0.510. The minimum Gasteiger partial charge on any atom is -0.304 e. The number of amidine groups is 1. The third kappa shape index (κ3) is 2.73. The summed E-state index contributed by atoms with van der Waals surface area (Å²) in [4.78, 5) is 16.8. The van der Waals surface area contributed by atoms with Crippen molar-refractivity contribution in [2.75, 3.05) is 0 Å². The highest BCUT2D eigenvalue weighted by molar-refractivity contribution is 8.16. The summed E-state index contributed by atoms with van der Waals surface area (Å²) in [5, 5.41) is 3.80. The average Bonchev–Trinajstić information content (AvgIpc) is 2.59. The molecule has 18 heavy (non-hydrogen) atoms. The Kier molecular flexibility index (Phi) is 4.05. The molecule has 0 bridgehead atoms. The highest BCUT2D eigenvalue weighted by Crippen LogP contribution is 2.38. The van der Waals surface area contributed by atoms with E-state index in [9.17, 15) is 4.79 Å². The summed E-state index contributed by atoms with van der Waals surface area (Å²) < 4.78 is -0.346. The van der Waals surface area contributed by atoms with Gasteiger partial charge in [-0.15, -0.1) is 0 Å². The second-order valence-corrected chi connectivity index (χ2v) is 7.60. The van der Waals surface area contributed by atoms with Crippen molar-refractivity contribution in [3.05, 3.63) is 0 Å². The van der Waals surface area contributed by atoms with Crippen LogP contribution in [0, 0.1) is 11.8 Å². The summed E-state index contributed by atoms with van der Waals surface area (Å²) in [5.41, 5.74) is 0. The van der Waals surface area contributed by atoms with Crippen molar-refractivity contribution in [2.24, 2.45) is 16.8 Å². The van der Waals surface area contributed by atoms with Crippen molar-refractivity contribution in [3.8, 4) is 0 Å². The predicted octanol–water partition coefficient (Wildman–Crippen LogP) is 3.20. The first kappa shape index (κ1) is 13.9. The zero-order chi connectivity index (χ0) is 13.3. The summed E-state index contributed by atoms with van der Waals surface area (Å²) >= 11 is 1.61. The first-order valence-corrected chi connectivity index (χ1v) is 7.81. The lowest BCUT2D eigenvalue weighted by Crippen LogP contribution is -2.38. The minimum atomic E-state index is -0.346. The van der Waals surface area contributed by atoms with Crippen LogP contribution in [0.5, 0.6) is 0 Å². The first-order chi connectivity index (χ1) is 8.41. The Balaban J connectivity index is 2.01. The van der Waals surface area contributed by atoms with E-state index in [0.717, 1.165) is 11.1 Å². The number of carbonyl (C=O) groups excluding carboxylic acids is 1. The third-order valence-electron chi connectivity index (χ3n) is 4.37. The zero-order valence-corrected chi connectivity index (χ0v) is 12.6. The molecule has 1 heterocycles. The molecule has 0 spiro atoms. The molecule has 1 amide bonds. The summed E-state index contributed by atoms with van der Waals surface area (Å²) in [5.74, 6) is 1.28. The van der Waals surface area contributed by atoms with Gasteiger partial charge in [0.05, 0.1) is 6.04 Å². The van der Waals surface area contributed by atoms with E-state index in [1.165, 1.54) is 25.7 Å². The molecule has 1 unspecified atom stereocenters. The number of amides is 1. The molecule has 1 aliphatic carbocycles. The van der Waals surface area contributed by atoms with Crippen LogP contribution in [0.25, 0.3) is 0 Å². The van der Waals surface area contributed by atoms with Gasteiger partial charge in [0.15, 0.2) is 5.17 Å². The van der Waals surface area contributed by atoms with Gasteiger partial charge in [-0.05, 0) is 44.4 Å².